The van der Waals surface area contributed by atoms with E-state index in [1.165, 1.54) is 27.4 Å². The first-order chi connectivity index (χ1) is 12.7. The average Bonchev–Trinajstić information content (AvgIpc) is 3.27. The molecule has 0 unspecified atom stereocenters. The van der Waals surface area contributed by atoms with Gasteiger partial charge >= 0.3 is 0 Å². The molecule has 0 atom stereocenters. The third kappa shape index (κ3) is 3.25. The Bertz CT molecular complexity index is 996. The summed E-state index contributed by atoms with van der Waals surface area (Å²) >= 11 is 0. The van der Waals surface area contributed by atoms with Gasteiger partial charge in [0.1, 0.15) is 0 Å². The van der Waals surface area contributed by atoms with Crippen molar-refractivity contribution in [3.63, 3.8) is 0 Å². The van der Waals surface area contributed by atoms with Crippen LogP contribution in [-0.4, -0.2) is 20.7 Å². The minimum Gasteiger partial charge on any atom is -0.338 e. The van der Waals surface area contributed by atoms with Crippen molar-refractivity contribution < 1.29 is 0 Å². The van der Waals surface area contributed by atoms with Gasteiger partial charge in [0.15, 0.2) is 0 Å². The van der Waals surface area contributed by atoms with Crippen LogP contribution in [0.2, 0.25) is 0 Å². The van der Waals surface area contributed by atoms with Crippen LogP contribution in [0.4, 0.5) is 0 Å². The summed E-state index contributed by atoms with van der Waals surface area (Å²) in [5.41, 5.74) is 3.99. The number of para-hydroxylation sites is 1. The Labute approximate surface area is 154 Å². The number of benzene rings is 2. The molecule has 0 saturated carbocycles. The summed E-state index contributed by atoms with van der Waals surface area (Å²) in [4.78, 5) is 4.08. The van der Waals surface area contributed by atoms with Gasteiger partial charge in [-0.3, -0.25) is 0 Å². The Morgan fingerprint density at radius 1 is 1.04 bits per heavy atom. The maximum atomic E-state index is 4.08. The molecule has 2 aromatic carbocycles. The minimum absolute atomic E-state index is 0.449. The van der Waals surface area contributed by atoms with Gasteiger partial charge in [0.2, 0.25) is 0 Å². The van der Waals surface area contributed by atoms with E-state index in [9.17, 15) is 0 Å². The molecule has 0 radical (unpaired) electrons. The number of nitrogens with zero attached hydrogens (tertiary/aromatic N) is 3. The monoisotopic (exact) mass is 346 g/mol. The van der Waals surface area contributed by atoms with Gasteiger partial charge in [-0.15, -0.1) is 0 Å². The van der Waals surface area contributed by atoms with E-state index >= 15 is 0 Å². The van der Waals surface area contributed by atoms with Gasteiger partial charge in [-0.05, 0) is 50.6 Å². The number of fused-ring (bicyclic) bond motifs is 3. The molecule has 0 spiro atoms. The summed E-state index contributed by atoms with van der Waals surface area (Å²) in [7, 11) is 0. The summed E-state index contributed by atoms with van der Waals surface area (Å²) in [6.07, 6.45) is 6.82. The predicted molar refractivity (Wildman–Crippen MR) is 108 cm³/mol. The molecule has 2 heterocycles. The molecule has 134 valence electrons. The fourth-order valence-electron chi connectivity index (χ4n) is 3.75. The first-order valence-corrected chi connectivity index (χ1v) is 9.42. The van der Waals surface area contributed by atoms with Crippen molar-refractivity contribution in [2.45, 2.75) is 39.4 Å². The molecule has 0 bridgehead atoms. The van der Waals surface area contributed by atoms with Crippen LogP contribution in [0, 0.1) is 0 Å². The van der Waals surface area contributed by atoms with E-state index in [0.29, 0.717) is 6.04 Å². The van der Waals surface area contributed by atoms with Crippen LogP contribution in [0.5, 0.6) is 0 Å². The van der Waals surface area contributed by atoms with Crippen LogP contribution in [0.15, 0.2) is 61.2 Å². The first kappa shape index (κ1) is 16.9. The van der Waals surface area contributed by atoms with Crippen LogP contribution in [0.25, 0.3) is 21.8 Å². The Kier molecular flexibility index (Phi) is 4.76. The number of hydrogen-bond donors (Lipinski definition) is 1. The van der Waals surface area contributed by atoms with E-state index in [-0.39, 0.29) is 0 Å². The SMILES string of the molecule is CC(C)n1c2ccccc2c2cc(CNCCCn3ccnc3)ccc21. The van der Waals surface area contributed by atoms with Gasteiger partial charge < -0.3 is 14.5 Å². The van der Waals surface area contributed by atoms with Gasteiger partial charge in [-0.25, -0.2) is 4.98 Å². The van der Waals surface area contributed by atoms with Crippen molar-refractivity contribution in [2.24, 2.45) is 0 Å². The Hall–Kier alpha value is -2.59. The highest BCUT2D eigenvalue weighted by molar-refractivity contribution is 6.08. The quantitative estimate of drug-likeness (QED) is 0.490. The molecule has 4 nitrogen and oxygen atoms in total. The first-order valence-electron chi connectivity index (χ1n) is 9.42. The summed E-state index contributed by atoms with van der Waals surface area (Å²) < 4.78 is 4.56. The molecule has 0 saturated heterocycles. The molecular weight excluding hydrogens is 320 g/mol. The highest BCUT2D eigenvalue weighted by Crippen LogP contribution is 2.32. The topological polar surface area (TPSA) is 34.8 Å². The molecule has 0 aliphatic heterocycles. The minimum atomic E-state index is 0.449. The summed E-state index contributed by atoms with van der Waals surface area (Å²) in [5, 5.41) is 6.27. The lowest BCUT2D eigenvalue weighted by Gasteiger charge is -2.11. The molecule has 0 aliphatic rings. The number of nitrogens with one attached hydrogen (secondary N) is 1. The summed E-state index contributed by atoms with van der Waals surface area (Å²) in [5.74, 6) is 0. The normalized spacial score (nSPS) is 11.8. The van der Waals surface area contributed by atoms with Gasteiger partial charge in [0.05, 0.1) is 6.33 Å². The molecule has 0 amide bonds. The van der Waals surface area contributed by atoms with Crippen LogP contribution >= 0.6 is 0 Å². The van der Waals surface area contributed by atoms with Gasteiger partial charge in [0.25, 0.3) is 0 Å². The van der Waals surface area contributed by atoms with Crippen LogP contribution < -0.4 is 5.32 Å². The van der Waals surface area contributed by atoms with Crippen molar-refractivity contribution in [3.8, 4) is 0 Å². The van der Waals surface area contributed by atoms with Crippen LogP contribution in [0.3, 0.4) is 0 Å². The lowest BCUT2D eigenvalue weighted by Crippen LogP contribution is -2.16. The van der Waals surface area contributed by atoms with Gasteiger partial charge in [-0.2, -0.15) is 0 Å². The van der Waals surface area contributed by atoms with Crippen molar-refractivity contribution in [1.82, 2.24) is 19.4 Å². The summed E-state index contributed by atoms with van der Waals surface area (Å²) in [6, 6.07) is 16.0. The number of rotatable bonds is 7. The van der Waals surface area contributed by atoms with E-state index < -0.39 is 0 Å². The van der Waals surface area contributed by atoms with Crippen molar-refractivity contribution in [1.29, 1.82) is 0 Å². The van der Waals surface area contributed by atoms with Crippen molar-refractivity contribution in [2.75, 3.05) is 6.54 Å². The molecule has 0 aliphatic carbocycles. The highest BCUT2D eigenvalue weighted by atomic mass is 15.0. The van der Waals surface area contributed by atoms with E-state index in [4.69, 9.17) is 0 Å². The van der Waals surface area contributed by atoms with Crippen molar-refractivity contribution >= 4 is 21.8 Å². The number of aromatic nitrogens is 3. The Morgan fingerprint density at radius 2 is 1.88 bits per heavy atom. The fourth-order valence-corrected chi connectivity index (χ4v) is 3.75. The smallest absolute Gasteiger partial charge is 0.0945 e. The molecule has 0 fully saturated rings. The number of hydrogen-bond acceptors (Lipinski definition) is 2. The molecule has 4 aromatic rings. The molecule has 4 rings (SSSR count). The molecule has 26 heavy (non-hydrogen) atoms. The standard InChI is InChI=1S/C22H26N4/c1-17(2)26-21-7-4-3-6-19(21)20-14-18(8-9-22(20)26)15-23-10-5-12-25-13-11-24-16-25/h3-4,6-9,11,13-14,16-17,23H,5,10,12,15H2,1-2H3. The highest BCUT2D eigenvalue weighted by Gasteiger charge is 2.12. The molecule has 4 heteroatoms. The molecule has 1 N–H and O–H groups in total. The zero-order valence-electron chi connectivity index (χ0n) is 15.5. The lowest BCUT2D eigenvalue weighted by molar-refractivity contribution is 0.581. The average molecular weight is 346 g/mol. The van der Waals surface area contributed by atoms with Crippen LogP contribution in [-0.2, 0) is 13.1 Å². The molecular formula is C22H26N4. The van der Waals surface area contributed by atoms with Crippen LogP contribution in [0.1, 0.15) is 31.9 Å². The molecule has 2 aromatic heterocycles. The second kappa shape index (κ2) is 7.34. The second-order valence-electron chi connectivity index (χ2n) is 7.16. The maximum absolute atomic E-state index is 4.08. The van der Waals surface area contributed by atoms with E-state index in [1.54, 1.807) is 0 Å². The lowest BCUT2D eigenvalue weighted by atomic mass is 10.1. The maximum Gasteiger partial charge on any atom is 0.0945 e. The largest absolute Gasteiger partial charge is 0.338 e. The number of aryl methyl sites for hydroxylation is 1. The summed E-state index contributed by atoms with van der Waals surface area (Å²) in [6.45, 7) is 7.42. The van der Waals surface area contributed by atoms with Gasteiger partial charge in [-0.1, -0.05) is 24.3 Å². The number of imidazole rings is 1. The fraction of sp³-hybridized carbons (Fsp3) is 0.318. The predicted octanol–water partition coefficient (Wildman–Crippen LogP) is 4.75. The Morgan fingerprint density at radius 3 is 2.69 bits per heavy atom. The third-order valence-corrected chi connectivity index (χ3v) is 4.95. The Balaban J connectivity index is 1.49. The zero-order chi connectivity index (χ0) is 17.9. The van der Waals surface area contributed by atoms with E-state index in [2.05, 4.69) is 75.7 Å². The second-order valence-corrected chi connectivity index (χ2v) is 7.16. The zero-order valence-corrected chi connectivity index (χ0v) is 15.5. The van der Waals surface area contributed by atoms with E-state index in [0.717, 1.165) is 26.1 Å². The third-order valence-electron chi connectivity index (χ3n) is 4.95. The van der Waals surface area contributed by atoms with E-state index in [1.807, 2.05) is 18.7 Å². The van der Waals surface area contributed by atoms with Crippen molar-refractivity contribution in [3.05, 3.63) is 66.7 Å². The van der Waals surface area contributed by atoms with Gasteiger partial charge in [0, 0.05) is 53.3 Å².